The van der Waals surface area contributed by atoms with Gasteiger partial charge in [0.1, 0.15) is 0 Å². The summed E-state index contributed by atoms with van der Waals surface area (Å²) in [6.45, 7) is 5.05. The average Bonchev–Trinajstić information content (AvgIpc) is 2.90. The molecule has 0 bridgehead atoms. The van der Waals surface area contributed by atoms with Crippen molar-refractivity contribution in [1.82, 2.24) is 15.2 Å². The Morgan fingerprint density at radius 2 is 2.31 bits per heavy atom. The molecule has 1 fully saturated rings. The average molecular weight is 239 g/mol. The molecule has 1 saturated heterocycles. The molecule has 16 heavy (non-hydrogen) atoms. The van der Waals surface area contributed by atoms with Gasteiger partial charge in [0.25, 0.3) is 0 Å². The van der Waals surface area contributed by atoms with Crippen LogP contribution in [0.2, 0.25) is 0 Å². The van der Waals surface area contributed by atoms with Gasteiger partial charge in [0, 0.05) is 24.5 Å². The number of amides is 1. The highest BCUT2D eigenvalue weighted by atomic mass is 32.1. The van der Waals surface area contributed by atoms with E-state index in [1.165, 1.54) is 4.88 Å². The summed E-state index contributed by atoms with van der Waals surface area (Å²) >= 11 is 1.63. The Labute approximate surface area is 99.7 Å². The lowest BCUT2D eigenvalue weighted by atomic mass is 10.4. The van der Waals surface area contributed by atoms with Gasteiger partial charge in [-0.15, -0.1) is 11.3 Å². The first kappa shape index (κ1) is 11.5. The van der Waals surface area contributed by atoms with Crippen molar-refractivity contribution in [3.63, 3.8) is 0 Å². The second-order valence-electron chi connectivity index (χ2n) is 4.05. The fraction of sp³-hybridized carbons (Fsp3) is 0.636. The second-order valence-corrected chi connectivity index (χ2v) is 4.99. The largest absolute Gasteiger partial charge is 0.342 e. The third kappa shape index (κ3) is 2.80. The third-order valence-corrected chi connectivity index (χ3v) is 3.80. The Balaban J connectivity index is 1.71. The highest BCUT2D eigenvalue weighted by Gasteiger charge is 2.17. The Morgan fingerprint density at radius 1 is 1.56 bits per heavy atom. The summed E-state index contributed by atoms with van der Waals surface area (Å²) in [4.78, 5) is 19.0. The number of nitrogens with one attached hydrogen (secondary N) is 1. The second kappa shape index (κ2) is 5.41. The van der Waals surface area contributed by atoms with Gasteiger partial charge in [-0.05, 0) is 19.8 Å². The minimum atomic E-state index is 0.222. The molecule has 1 N–H and O–H groups in total. The maximum absolute atomic E-state index is 11.7. The molecule has 4 nitrogen and oxygen atoms in total. The number of likely N-dealkylation sites (tertiary alicyclic amines) is 1. The molecule has 1 amide bonds. The van der Waals surface area contributed by atoms with Crippen LogP contribution in [-0.4, -0.2) is 35.4 Å². The van der Waals surface area contributed by atoms with Crippen LogP contribution in [0, 0.1) is 6.92 Å². The van der Waals surface area contributed by atoms with E-state index in [1.54, 1.807) is 11.3 Å². The normalized spacial score (nSPS) is 15.7. The van der Waals surface area contributed by atoms with E-state index in [4.69, 9.17) is 0 Å². The van der Waals surface area contributed by atoms with Crippen molar-refractivity contribution in [2.45, 2.75) is 26.3 Å². The van der Waals surface area contributed by atoms with Crippen molar-refractivity contribution in [1.29, 1.82) is 0 Å². The summed E-state index contributed by atoms with van der Waals surface area (Å²) in [6.07, 6.45) is 2.30. The minimum Gasteiger partial charge on any atom is -0.342 e. The third-order valence-electron chi connectivity index (χ3n) is 2.87. The van der Waals surface area contributed by atoms with E-state index in [2.05, 4.69) is 10.3 Å². The number of aryl methyl sites for hydroxylation is 1. The molecule has 88 valence electrons. The fourth-order valence-corrected chi connectivity index (χ4v) is 2.60. The molecule has 5 heteroatoms. The molecule has 1 aromatic rings. The summed E-state index contributed by atoms with van der Waals surface area (Å²) < 4.78 is 0. The van der Waals surface area contributed by atoms with Crippen LogP contribution in [0.25, 0.3) is 0 Å². The number of rotatable bonds is 4. The zero-order valence-electron chi connectivity index (χ0n) is 9.53. The molecular formula is C11H17N3OS. The molecule has 0 aliphatic carbocycles. The molecule has 2 heterocycles. The van der Waals surface area contributed by atoms with Gasteiger partial charge in [0.15, 0.2) is 0 Å². The number of carbonyl (C=O) groups excluding carboxylic acids is 1. The standard InChI is InChI=1S/C11H17N3OS/c1-9-10(16-8-13-9)6-12-7-11(15)14-4-2-3-5-14/h8,12H,2-7H2,1H3. The van der Waals surface area contributed by atoms with E-state index in [9.17, 15) is 4.79 Å². The van der Waals surface area contributed by atoms with Crippen molar-refractivity contribution in [3.05, 3.63) is 16.1 Å². The Morgan fingerprint density at radius 3 is 2.94 bits per heavy atom. The maximum Gasteiger partial charge on any atom is 0.236 e. The van der Waals surface area contributed by atoms with Gasteiger partial charge >= 0.3 is 0 Å². The first-order chi connectivity index (χ1) is 7.77. The summed E-state index contributed by atoms with van der Waals surface area (Å²) in [5.74, 6) is 0.222. The summed E-state index contributed by atoms with van der Waals surface area (Å²) in [7, 11) is 0. The first-order valence-electron chi connectivity index (χ1n) is 5.65. The SMILES string of the molecule is Cc1ncsc1CNCC(=O)N1CCCC1. The van der Waals surface area contributed by atoms with Crippen molar-refractivity contribution < 1.29 is 4.79 Å². The van der Waals surface area contributed by atoms with E-state index in [-0.39, 0.29) is 5.91 Å². The van der Waals surface area contributed by atoms with Crippen molar-refractivity contribution in [3.8, 4) is 0 Å². The molecule has 0 unspecified atom stereocenters. The molecule has 0 radical (unpaired) electrons. The number of thiazole rings is 1. The van der Waals surface area contributed by atoms with E-state index < -0.39 is 0 Å². The van der Waals surface area contributed by atoms with Crippen LogP contribution >= 0.6 is 11.3 Å². The molecule has 1 aliphatic heterocycles. The van der Waals surface area contributed by atoms with Gasteiger partial charge < -0.3 is 10.2 Å². The fourth-order valence-electron chi connectivity index (χ4n) is 1.86. The number of aromatic nitrogens is 1. The van der Waals surface area contributed by atoms with Gasteiger partial charge in [-0.3, -0.25) is 4.79 Å². The quantitative estimate of drug-likeness (QED) is 0.857. The maximum atomic E-state index is 11.7. The Kier molecular flexibility index (Phi) is 3.90. The first-order valence-corrected chi connectivity index (χ1v) is 6.53. The van der Waals surface area contributed by atoms with E-state index >= 15 is 0 Å². The van der Waals surface area contributed by atoms with E-state index in [0.717, 1.165) is 38.2 Å². The molecule has 0 aromatic carbocycles. The van der Waals surface area contributed by atoms with Gasteiger partial charge in [0.05, 0.1) is 17.7 Å². The molecule has 0 spiro atoms. The van der Waals surface area contributed by atoms with Crippen LogP contribution in [0.4, 0.5) is 0 Å². The van der Waals surface area contributed by atoms with E-state index in [1.807, 2.05) is 17.3 Å². The lowest BCUT2D eigenvalue weighted by molar-refractivity contribution is -0.129. The Hall–Kier alpha value is -0.940. The summed E-state index contributed by atoms with van der Waals surface area (Å²) in [5, 5.41) is 3.18. The van der Waals surface area contributed by atoms with E-state index in [0.29, 0.717) is 6.54 Å². The van der Waals surface area contributed by atoms with Crippen LogP contribution < -0.4 is 5.32 Å². The van der Waals surface area contributed by atoms with Crippen LogP contribution in [0.3, 0.4) is 0 Å². The van der Waals surface area contributed by atoms with Crippen molar-refractivity contribution in [2.75, 3.05) is 19.6 Å². The van der Waals surface area contributed by atoms with Gasteiger partial charge in [-0.25, -0.2) is 4.98 Å². The topological polar surface area (TPSA) is 45.2 Å². The molecule has 1 aromatic heterocycles. The smallest absolute Gasteiger partial charge is 0.236 e. The van der Waals surface area contributed by atoms with Gasteiger partial charge in [-0.1, -0.05) is 0 Å². The van der Waals surface area contributed by atoms with Crippen LogP contribution in [0.15, 0.2) is 5.51 Å². The van der Waals surface area contributed by atoms with Crippen LogP contribution in [-0.2, 0) is 11.3 Å². The highest BCUT2D eigenvalue weighted by Crippen LogP contribution is 2.11. The minimum absolute atomic E-state index is 0.222. The van der Waals surface area contributed by atoms with Crippen LogP contribution in [0.5, 0.6) is 0 Å². The molecule has 0 atom stereocenters. The number of nitrogens with zero attached hydrogens (tertiary/aromatic N) is 2. The van der Waals surface area contributed by atoms with Crippen molar-refractivity contribution >= 4 is 17.2 Å². The zero-order chi connectivity index (χ0) is 11.4. The predicted octanol–water partition coefficient (Wildman–Crippen LogP) is 1.16. The highest BCUT2D eigenvalue weighted by molar-refractivity contribution is 7.09. The zero-order valence-corrected chi connectivity index (χ0v) is 10.3. The van der Waals surface area contributed by atoms with Crippen LogP contribution in [0.1, 0.15) is 23.4 Å². The molecule has 0 saturated carbocycles. The summed E-state index contributed by atoms with van der Waals surface area (Å²) in [5.41, 5.74) is 2.90. The number of hydrogen-bond acceptors (Lipinski definition) is 4. The summed E-state index contributed by atoms with van der Waals surface area (Å²) in [6, 6.07) is 0. The lowest BCUT2D eigenvalue weighted by Gasteiger charge is -2.15. The lowest BCUT2D eigenvalue weighted by Crippen LogP contribution is -2.35. The molecule has 2 rings (SSSR count). The Bertz CT molecular complexity index is 358. The molecular weight excluding hydrogens is 222 g/mol. The predicted molar refractivity (Wildman–Crippen MR) is 64.4 cm³/mol. The number of carbonyl (C=O) groups is 1. The molecule has 1 aliphatic rings. The number of hydrogen-bond donors (Lipinski definition) is 1. The monoisotopic (exact) mass is 239 g/mol. The van der Waals surface area contributed by atoms with Crippen molar-refractivity contribution in [2.24, 2.45) is 0 Å². The van der Waals surface area contributed by atoms with Gasteiger partial charge in [-0.2, -0.15) is 0 Å². The van der Waals surface area contributed by atoms with Gasteiger partial charge in [0.2, 0.25) is 5.91 Å².